The second-order valence-electron chi connectivity index (χ2n) is 6.96. The van der Waals surface area contributed by atoms with Crippen LogP contribution in [-0.2, 0) is 6.42 Å². The zero-order valence-corrected chi connectivity index (χ0v) is 17.8. The molecule has 0 aliphatic carbocycles. The van der Waals surface area contributed by atoms with Gasteiger partial charge in [0.1, 0.15) is 5.52 Å². The predicted octanol–water partition coefficient (Wildman–Crippen LogP) is 5.09. The van der Waals surface area contributed by atoms with Crippen LogP contribution < -0.4 is 10.6 Å². The smallest absolute Gasteiger partial charge is 0.269 e. The molecule has 9 heteroatoms. The van der Waals surface area contributed by atoms with Crippen molar-refractivity contribution in [2.45, 2.75) is 13.3 Å². The molecule has 0 aliphatic rings. The van der Waals surface area contributed by atoms with Crippen molar-refractivity contribution in [2.24, 2.45) is 0 Å². The van der Waals surface area contributed by atoms with Gasteiger partial charge in [-0.25, -0.2) is 4.98 Å². The average molecular weight is 446 g/mol. The van der Waals surface area contributed by atoms with Gasteiger partial charge in [0.2, 0.25) is 5.89 Å². The van der Waals surface area contributed by atoms with Crippen LogP contribution >= 0.6 is 12.2 Å². The van der Waals surface area contributed by atoms with Crippen molar-refractivity contribution in [3.63, 3.8) is 0 Å². The standard InChI is InChI=1S/C23H18N4O4S/c1-2-14-3-12-20-19(13-14)25-22(31-20)16-4-8-17(9-5-16)24-23(32)26-21(28)15-6-10-18(11-7-15)27(29)30/h3-13H,2H2,1H3,(H2,24,26,28,32). The molecule has 1 heterocycles. The number of amides is 1. The van der Waals surface area contributed by atoms with E-state index in [4.69, 9.17) is 16.6 Å². The highest BCUT2D eigenvalue weighted by molar-refractivity contribution is 7.80. The third-order valence-electron chi connectivity index (χ3n) is 4.82. The summed E-state index contributed by atoms with van der Waals surface area (Å²) in [4.78, 5) is 27.0. The highest BCUT2D eigenvalue weighted by Crippen LogP contribution is 2.26. The summed E-state index contributed by atoms with van der Waals surface area (Å²) in [7, 11) is 0. The maximum atomic E-state index is 12.3. The monoisotopic (exact) mass is 446 g/mol. The van der Waals surface area contributed by atoms with Gasteiger partial charge in [-0.2, -0.15) is 0 Å². The summed E-state index contributed by atoms with van der Waals surface area (Å²) >= 11 is 5.19. The summed E-state index contributed by atoms with van der Waals surface area (Å²) in [5, 5.41) is 16.3. The average Bonchev–Trinajstić information content (AvgIpc) is 3.22. The molecule has 4 rings (SSSR count). The quantitative estimate of drug-likeness (QED) is 0.249. The number of non-ortho nitro benzene ring substituents is 1. The van der Waals surface area contributed by atoms with Gasteiger partial charge in [0.15, 0.2) is 10.7 Å². The number of nitrogens with zero attached hydrogens (tertiary/aromatic N) is 2. The Morgan fingerprint density at radius 2 is 1.81 bits per heavy atom. The molecule has 0 atom stereocenters. The van der Waals surface area contributed by atoms with Crippen LogP contribution in [0, 0.1) is 10.1 Å². The molecule has 0 aliphatic heterocycles. The van der Waals surface area contributed by atoms with Gasteiger partial charge >= 0.3 is 0 Å². The molecule has 4 aromatic rings. The molecule has 1 amide bonds. The number of nitro benzene ring substituents is 1. The molecule has 1 aromatic heterocycles. The van der Waals surface area contributed by atoms with E-state index in [2.05, 4.69) is 22.5 Å². The molecule has 0 unspecified atom stereocenters. The van der Waals surface area contributed by atoms with Crippen molar-refractivity contribution < 1.29 is 14.1 Å². The topological polar surface area (TPSA) is 110 Å². The van der Waals surface area contributed by atoms with Crippen LogP contribution in [0.2, 0.25) is 0 Å². The summed E-state index contributed by atoms with van der Waals surface area (Å²) in [6, 6.07) is 18.5. The number of oxazole rings is 1. The number of aryl methyl sites for hydroxylation is 1. The van der Waals surface area contributed by atoms with E-state index < -0.39 is 10.8 Å². The minimum atomic E-state index is -0.527. The minimum Gasteiger partial charge on any atom is -0.436 e. The lowest BCUT2D eigenvalue weighted by atomic mass is 10.1. The molecule has 0 fully saturated rings. The SMILES string of the molecule is CCc1ccc2oc(-c3ccc(NC(=S)NC(=O)c4ccc([N+](=O)[O-])cc4)cc3)nc2c1. The molecule has 2 N–H and O–H groups in total. The Morgan fingerprint density at radius 3 is 2.47 bits per heavy atom. The molecule has 0 spiro atoms. The molecule has 8 nitrogen and oxygen atoms in total. The van der Waals surface area contributed by atoms with Gasteiger partial charge in [0.25, 0.3) is 11.6 Å². The number of aromatic nitrogens is 1. The first kappa shape index (κ1) is 21.1. The number of carbonyl (C=O) groups is 1. The van der Waals surface area contributed by atoms with Gasteiger partial charge in [0.05, 0.1) is 4.92 Å². The van der Waals surface area contributed by atoms with Crippen molar-refractivity contribution in [1.29, 1.82) is 0 Å². The summed E-state index contributed by atoms with van der Waals surface area (Å²) in [6.45, 7) is 2.09. The first-order valence-corrected chi connectivity index (χ1v) is 10.2. The normalized spacial score (nSPS) is 10.7. The van der Waals surface area contributed by atoms with Crippen LogP contribution in [0.5, 0.6) is 0 Å². The third kappa shape index (κ3) is 4.62. The van der Waals surface area contributed by atoms with Gasteiger partial charge in [-0.3, -0.25) is 20.2 Å². The zero-order chi connectivity index (χ0) is 22.7. The first-order chi connectivity index (χ1) is 15.4. The number of rotatable bonds is 5. The summed E-state index contributed by atoms with van der Waals surface area (Å²) in [5.41, 5.74) is 4.40. The summed E-state index contributed by atoms with van der Waals surface area (Å²) < 4.78 is 5.84. The number of hydrogen-bond donors (Lipinski definition) is 2. The van der Waals surface area contributed by atoms with Crippen LogP contribution in [0.15, 0.2) is 71.1 Å². The van der Waals surface area contributed by atoms with E-state index in [9.17, 15) is 14.9 Å². The molecule has 0 bridgehead atoms. The highest BCUT2D eigenvalue weighted by atomic mass is 32.1. The van der Waals surface area contributed by atoms with Gasteiger partial charge in [-0.05, 0) is 72.7 Å². The largest absolute Gasteiger partial charge is 0.436 e. The lowest BCUT2D eigenvalue weighted by Crippen LogP contribution is -2.34. The van der Waals surface area contributed by atoms with Crippen LogP contribution in [0.1, 0.15) is 22.8 Å². The third-order valence-corrected chi connectivity index (χ3v) is 5.02. The molecular weight excluding hydrogens is 428 g/mol. The van der Waals surface area contributed by atoms with E-state index in [1.807, 2.05) is 30.3 Å². The van der Waals surface area contributed by atoms with Crippen molar-refractivity contribution in [1.82, 2.24) is 10.3 Å². The second kappa shape index (κ2) is 8.94. The lowest BCUT2D eigenvalue weighted by molar-refractivity contribution is -0.384. The van der Waals surface area contributed by atoms with E-state index >= 15 is 0 Å². The second-order valence-corrected chi connectivity index (χ2v) is 7.37. The Bertz CT molecular complexity index is 1310. The maximum Gasteiger partial charge on any atom is 0.269 e. The van der Waals surface area contributed by atoms with Crippen molar-refractivity contribution in [3.05, 3.63) is 88.0 Å². The fourth-order valence-electron chi connectivity index (χ4n) is 3.08. The number of nitro groups is 1. The molecular formula is C23H18N4O4S. The number of fused-ring (bicyclic) bond motifs is 1. The molecule has 32 heavy (non-hydrogen) atoms. The van der Waals surface area contributed by atoms with E-state index in [-0.39, 0.29) is 16.4 Å². The van der Waals surface area contributed by atoms with Crippen molar-refractivity contribution in [3.8, 4) is 11.5 Å². The number of nitrogens with one attached hydrogen (secondary N) is 2. The Balaban J connectivity index is 1.40. The Morgan fingerprint density at radius 1 is 1.09 bits per heavy atom. The number of carbonyl (C=O) groups excluding carboxylic acids is 1. The molecule has 0 radical (unpaired) electrons. The predicted molar refractivity (Wildman–Crippen MR) is 126 cm³/mol. The van der Waals surface area contributed by atoms with E-state index in [0.29, 0.717) is 11.6 Å². The molecule has 3 aromatic carbocycles. The number of anilines is 1. The number of hydrogen-bond acceptors (Lipinski definition) is 6. The Labute approximate surface area is 188 Å². The van der Waals surface area contributed by atoms with Crippen LogP contribution in [-0.4, -0.2) is 20.9 Å². The van der Waals surface area contributed by atoms with Gasteiger partial charge in [0, 0.05) is 28.9 Å². The van der Waals surface area contributed by atoms with Crippen LogP contribution in [0.25, 0.3) is 22.6 Å². The fraction of sp³-hybridized carbons (Fsp3) is 0.0870. The molecule has 160 valence electrons. The lowest BCUT2D eigenvalue weighted by Gasteiger charge is -2.10. The van der Waals surface area contributed by atoms with Crippen LogP contribution in [0.4, 0.5) is 11.4 Å². The zero-order valence-electron chi connectivity index (χ0n) is 17.0. The minimum absolute atomic E-state index is 0.0907. The Hall–Kier alpha value is -4.11. The first-order valence-electron chi connectivity index (χ1n) is 9.79. The fourth-order valence-corrected chi connectivity index (χ4v) is 3.30. The number of benzene rings is 3. The maximum absolute atomic E-state index is 12.3. The summed E-state index contributed by atoms with van der Waals surface area (Å²) in [6.07, 6.45) is 0.930. The molecule has 0 saturated heterocycles. The molecule has 0 saturated carbocycles. The van der Waals surface area contributed by atoms with Gasteiger partial charge in [-0.1, -0.05) is 13.0 Å². The van der Waals surface area contributed by atoms with Crippen molar-refractivity contribution >= 4 is 45.7 Å². The Kier molecular flexibility index (Phi) is 5.91. The number of thiocarbonyl (C=S) groups is 1. The van der Waals surface area contributed by atoms with Crippen LogP contribution in [0.3, 0.4) is 0 Å². The van der Waals surface area contributed by atoms with Gasteiger partial charge < -0.3 is 9.73 Å². The van der Waals surface area contributed by atoms with Crippen molar-refractivity contribution in [2.75, 3.05) is 5.32 Å². The van der Waals surface area contributed by atoms with E-state index in [0.717, 1.165) is 23.1 Å². The van der Waals surface area contributed by atoms with E-state index in [1.165, 1.54) is 29.8 Å². The van der Waals surface area contributed by atoms with E-state index in [1.54, 1.807) is 12.1 Å². The highest BCUT2D eigenvalue weighted by Gasteiger charge is 2.12. The summed E-state index contributed by atoms with van der Waals surface area (Å²) in [5.74, 6) is 0.0563. The van der Waals surface area contributed by atoms with Gasteiger partial charge in [-0.15, -0.1) is 0 Å².